The lowest BCUT2D eigenvalue weighted by molar-refractivity contribution is 0.189. The first-order chi connectivity index (χ1) is 13.7. The zero-order chi connectivity index (χ0) is 19.1. The van der Waals surface area contributed by atoms with Crippen LogP contribution < -0.4 is 10.2 Å². The fraction of sp³-hybridized carbons (Fsp3) is 0.368. The molecule has 5 rings (SSSR count). The lowest BCUT2D eigenvalue weighted by atomic mass is 10.0. The number of nitrogens with zero attached hydrogens (tertiary/aromatic N) is 6. The quantitative estimate of drug-likeness (QED) is 0.750. The number of amides is 2. The van der Waals surface area contributed by atoms with Gasteiger partial charge in [-0.2, -0.15) is 4.52 Å². The number of urea groups is 1. The highest BCUT2D eigenvalue weighted by molar-refractivity contribution is 5.76. The van der Waals surface area contributed by atoms with Crippen LogP contribution >= 0.6 is 0 Å². The van der Waals surface area contributed by atoms with Crippen molar-refractivity contribution in [2.75, 3.05) is 31.1 Å². The van der Waals surface area contributed by atoms with Crippen molar-refractivity contribution >= 4 is 17.5 Å². The standard InChI is InChI=1S/C19H20FN7O/c20-15-6-2-1-5-14(15)18-23-22-16-7-8-17(24-27(16)18)25-10-3-4-13(12-25)26-11-9-21-19(26)28/h1-2,5-8,13H,3-4,9-12H2,(H,21,28). The van der Waals surface area contributed by atoms with Gasteiger partial charge in [0.05, 0.1) is 11.6 Å². The number of piperidine rings is 1. The Morgan fingerprint density at radius 3 is 2.82 bits per heavy atom. The molecule has 9 heteroatoms. The number of benzene rings is 1. The summed E-state index contributed by atoms with van der Waals surface area (Å²) < 4.78 is 15.8. The van der Waals surface area contributed by atoms with Crippen LogP contribution in [-0.2, 0) is 0 Å². The highest BCUT2D eigenvalue weighted by Crippen LogP contribution is 2.25. The molecule has 0 radical (unpaired) electrons. The first-order valence-corrected chi connectivity index (χ1v) is 9.47. The summed E-state index contributed by atoms with van der Waals surface area (Å²) >= 11 is 0. The molecule has 3 aromatic rings. The maximum absolute atomic E-state index is 14.2. The SMILES string of the molecule is O=C1NCCN1C1CCCN(c2ccc3nnc(-c4ccccc4F)n3n2)C1. The maximum atomic E-state index is 14.2. The van der Waals surface area contributed by atoms with Crippen molar-refractivity contribution < 1.29 is 9.18 Å². The molecule has 2 saturated heterocycles. The van der Waals surface area contributed by atoms with Crippen LogP contribution in [0.5, 0.6) is 0 Å². The Labute approximate surface area is 161 Å². The molecule has 144 valence electrons. The molecule has 2 fully saturated rings. The number of hydrogen-bond donors (Lipinski definition) is 1. The van der Waals surface area contributed by atoms with Crippen LogP contribution in [0.25, 0.3) is 17.0 Å². The van der Waals surface area contributed by atoms with E-state index in [-0.39, 0.29) is 17.9 Å². The molecule has 1 aromatic carbocycles. The Balaban J connectivity index is 1.47. The molecular weight excluding hydrogens is 361 g/mol. The van der Waals surface area contributed by atoms with E-state index in [1.54, 1.807) is 22.7 Å². The molecular formula is C19H20FN7O. The second-order valence-electron chi connectivity index (χ2n) is 7.13. The molecule has 1 unspecified atom stereocenters. The van der Waals surface area contributed by atoms with Crippen molar-refractivity contribution in [2.45, 2.75) is 18.9 Å². The van der Waals surface area contributed by atoms with E-state index in [1.165, 1.54) is 6.07 Å². The Hall–Kier alpha value is -3.23. The van der Waals surface area contributed by atoms with E-state index >= 15 is 0 Å². The molecule has 2 aliphatic rings. The van der Waals surface area contributed by atoms with E-state index in [1.807, 2.05) is 17.0 Å². The molecule has 2 amide bonds. The first-order valence-electron chi connectivity index (χ1n) is 9.47. The van der Waals surface area contributed by atoms with Crippen LogP contribution in [-0.4, -0.2) is 63.0 Å². The van der Waals surface area contributed by atoms with Gasteiger partial charge in [-0.25, -0.2) is 9.18 Å². The average molecular weight is 381 g/mol. The minimum Gasteiger partial charge on any atom is -0.353 e. The molecule has 8 nitrogen and oxygen atoms in total. The van der Waals surface area contributed by atoms with Gasteiger partial charge in [0.25, 0.3) is 0 Å². The predicted molar refractivity (Wildman–Crippen MR) is 102 cm³/mol. The monoisotopic (exact) mass is 381 g/mol. The van der Waals surface area contributed by atoms with Gasteiger partial charge in [-0.3, -0.25) is 0 Å². The first kappa shape index (κ1) is 16.9. The molecule has 1 N–H and O–H groups in total. The van der Waals surface area contributed by atoms with Gasteiger partial charge >= 0.3 is 6.03 Å². The van der Waals surface area contributed by atoms with Gasteiger partial charge in [0.2, 0.25) is 0 Å². The summed E-state index contributed by atoms with van der Waals surface area (Å²) in [6.45, 7) is 3.03. The smallest absolute Gasteiger partial charge is 0.317 e. The summed E-state index contributed by atoms with van der Waals surface area (Å²) in [5, 5.41) is 15.8. The van der Waals surface area contributed by atoms with Crippen molar-refractivity contribution in [2.24, 2.45) is 0 Å². The molecule has 2 aliphatic heterocycles. The fourth-order valence-electron chi connectivity index (χ4n) is 4.01. The van der Waals surface area contributed by atoms with Gasteiger partial charge in [0, 0.05) is 26.2 Å². The molecule has 28 heavy (non-hydrogen) atoms. The third kappa shape index (κ3) is 2.83. The van der Waals surface area contributed by atoms with Crippen molar-refractivity contribution in [1.29, 1.82) is 0 Å². The predicted octanol–water partition coefficient (Wildman–Crippen LogP) is 1.92. The Bertz CT molecular complexity index is 1040. The largest absolute Gasteiger partial charge is 0.353 e. The summed E-state index contributed by atoms with van der Waals surface area (Å²) in [5.74, 6) is 0.790. The number of carbonyl (C=O) groups is 1. The van der Waals surface area contributed by atoms with Crippen LogP contribution in [0.2, 0.25) is 0 Å². The number of aromatic nitrogens is 4. The van der Waals surface area contributed by atoms with Gasteiger partial charge in [0.1, 0.15) is 11.6 Å². The Kier molecular flexibility index (Phi) is 4.07. The Morgan fingerprint density at radius 1 is 1.11 bits per heavy atom. The number of halogens is 1. The van der Waals surface area contributed by atoms with Crippen molar-refractivity contribution in [3.63, 3.8) is 0 Å². The average Bonchev–Trinajstić information content (AvgIpc) is 3.34. The summed E-state index contributed by atoms with van der Waals surface area (Å²) in [6.07, 6.45) is 1.97. The number of hydrogen-bond acceptors (Lipinski definition) is 5. The van der Waals surface area contributed by atoms with Crippen LogP contribution in [0.3, 0.4) is 0 Å². The van der Waals surface area contributed by atoms with E-state index in [2.05, 4.69) is 25.5 Å². The second-order valence-corrected chi connectivity index (χ2v) is 7.13. The zero-order valence-electron chi connectivity index (χ0n) is 15.3. The fourth-order valence-corrected chi connectivity index (χ4v) is 4.01. The van der Waals surface area contributed by atoms with Crippen molar-refractivity contribution in [3.05, 3.63) is 42.2 Å². The van der Waals surface area contributed by atoms with E-state index in [0.29, 0.717) is 23.6 Å². The van der Waals surface area contributed by atoms with Crippen LogP contribution in [0, 0.1) is 5.82 Å². The van der Waals surface area contributed by atoms with E-state index in [9.17, 15) is 9.18 Å². The van der Waals surface area contributed by atoms with Gasteiger partial charge in [0.15, 0.2) is 11.5 Å². The molecule has 2 aromatic heterocycles. The minimum absolute atomic E-state index is 0.0101. The summed E-state index contributed by atoms with van der Waals surface area (Å²) in [5.41, 5.74) is 0.930. The molecule has 1 atom stereocenters. The molecule has 4 heterocycles. The molecule has 0 aliphatic carbocycles. The van der Waals surface area contributed by atoms with Crippen LogP contribution in [0.15, 0.2) is 36.4 Å². The topological polar surface area (TPSA) is 78.7 Å². The molecule has 0 spiro atoms. The lowest BCUT2D eigenvalue weighted by Crippen LogP contribution is -2.49. The minimum atomic E-state index is -0.359. The van der Waals surface area contributed by atoms with E-state index < -0.39 is 0 Å². The van der Waals surface area contributed by atoms with Crippen LogP contribution in [0.4, 0.5) is 15.0 Å². The van der Waals surface area contributed by atoms with E-state index in [4.69, 9.17) is 0 Å². The number of rotatable bonds is 3. The maximum Gasteiger partial charge on any atom is 0.317 e. The number of carbonyl (C=O) groups excluding carboxylic acids is 1. The summed E-state index contributed by atoms with van der Waals surface area (Å²) in [7, 11) is 0. The van der Waals surface area contributed by atoms with Gasteiger partial charge < -0.3 is 15.1 Å². The number of fused-ring (bicyclic) bond motifs is 1. The molecule has 0 bridgehead atoms. The highest BCUT2D eigenvalue weighted by atomic mass is 19.1. The second kappa shape index (κ2) is 6.74. The van der Waals surface area contributed by atoms with E-state index in [0.717, 1.165) is 38.3 Å². The van der Waals surface area contributed by atoms with Crippen molar-refractivity contribution in [1.82, 2.24) is 30.0 Å². The third-order valence-electron chi connectivity index (χ3n) is 5.41. The normalized spacial score (nSPS) is 20.0. The zero-order valence-corrected chi connectivity index (χ0v) is 15.3. The van der Waals surface area contributed by atoms with Crippen molar-refractivity contribution in [3.8, 4) is 11.4 Å². The summed E-state index contributed by atoms with van der Waals surface area (Å²) in [6, 6.07) is 10.4. The highest BCUT2D eigenvalue weighted by Gasteiger charge is 2.32. The lowest BCUT2D eigenvalue weighted by Gasteiger charge is -2.37. The van der Waals surface area contributed by atoms with Gasteiger partial charge in [-0.15, -0.1) is 15.3 Å². The third-order valence-corrected chi connectivity index (χ3v) is 5.41. The Morgan fingerprint density at radius 2 is 2.00 bits per heavy atom. The van der Waals surface area contributed by atoms with Gasteiger partial charge in [-0.1, -0.05) is 12.1 Å². The van der Waals surface area contributed by atoms with Crippen LogP contribution in [0.1, 0.15) is 12.8 Å². The molecule has 0 saturated carbocycles. The van der Waals surface area contributed by atoms with Gasteiger partial charge in [-0.05, 0) is 37.1 Å². The number of nitrogens with one attached hydrogen (secondary N) is 1. The summed E-state index contributed by atoms with van der Waals surface area (Å²) in [4.78, 5) is 16.1. The number of anilines is 1.